The number of ether oxygens (including phenoxy) is 1. The molecule has 2 aliphatic heterocycles. The van der Waals surface area contributed by atoms with Crippen LogP contribution in [0.1, 0.15) is 17.9 Å². The molecule has 6 nitrogen and oxygen atoms in total. The van der Waals surface area contributed by atoms with Crippen LogP contribution >= 0.6 is 0 Å². The second kappa shape index (κ2) is 6.07. The van der Waals surface area contributed by atoms with Crippen molar-refractivity contribution in [1.29, 1.82) is 0 Å². The second-order valence-electron chi connectivity index (χ2n) is 6.88. The highest BCUT2D eigenvalue weighted by atomic mass is 19.4. The summed E-state index contributed by atoms with van der Waals surface area (Å²) in [5, 5.41) is 2.78. The molecule has 0 aromatic heterocycles. The van der Waals surface area contributed by atoms with Crippen LogP contribution < -0.4 is 10.1 Å². The Morgan fingerprint density at radius 1 is 1.19 bits per heavy atom. The molecule has 3 aliphatic rings. The highest BCUT2D eigenvalue weighted by Gasteiger charge is 2.47. The van der Waals surface area contributed by atoms with Crippen molar-refractivity contribution < 1.29 is 27.5 Å². The van der Waals surface area contributed by atoms with Crippen molar-refractivity contribution in [2.45, 2.75) is 24.7 Å². The predicted molar refractivity (Wildman–Crippen MR) is 84.4 cm³/mol. The molecule has 9 heteroatoms. The monoisotopic (exact) mass is 369 g/mol. The molecule has 1 aromatic rings. The van der Waals surface area contributed by atoms with Crippen molar-refractivity contribution in [3.8, 4) is 5.75 Å². The average Bonchev–Trinajstić information content (AvgIpc) is 3.31. The Bertz CT molecular complexity index is 722. The Morgan fingerprint density at radius 2 is 1.92 bits per heavy atom. The number of urea groups is 1. The van der Waals surface area contributed by atoms with E-state index in [1.807, 2.05) is 0 Å². The Hall–Kier alpha value is -2.45. The fourth-order valence-corrected chi connectivity index (χ4v) is 3.79. The first-order valence-electron chi connectivity index (χ1n) is 8.51. The number of hydrogen-bond donors (Lipinski definition) is 1. The van der Waals surface area contributed by atoms with Gasteiger partial charge >= 0.3 is 12.4 Å². The van der Waals surface area contributed by atoms with Crippen molar-refractivity contribution in [3.63, 3.8) is 0 Å². The van der Waals surface area contributed by atoms with Gasteiger partial charge < -0.3 is 19.9 Å². The van der Waals surface area contributed by atoms with Crippen molar-refractivity contribution in [3.05, 3.63) is 29.8 Å². The van der Waals surface area contributed by atoms with Crippen LogP contribution in [0.2, 0.25) is 0 Å². The number of hydrogen-bond acceptors (Lipinski definition) is 3. The van der Waals surface area contributed by atoms with Crippen molar-refractivity contribution >= 4 is 11.9 Å². The van der Waals surface area contributed by atoms with E-state index < -0.39 is 6.36 Å². The highest BCUT2D eigenvalue weighted by Crippen LogP contribution is 2.49. The zero-order valence-electron chi connectivity index (χ0n) is 13.8. The molecule has 0 unspecified atom stereocenters. The number of nitrogens with one attached hydrogen (secondary N) is 1. The van der Waals surface area contributed by atoms with Gasteiger partial charge in [0.1, 0.15) is 5.75 Å². The first kappa shape index (κ1) is 17.0. The zero-order valence-corrected chi connectivity index (χ0v) is 13.8. The lowest BCUT2D eigenvalue weighted by Gasteiger charge is -2.36. The number of nitrogens with zero attached hydrogens (tertiary/aromatic N) is 2. The van der Waals surface area contributed by atoms with Crippen LogP contribution in [0.4, 0.5) is 18.0 Å². The third kappa shape index (κ3) is 3.30. The molecule has 140 valence electrons. The summed E-state index contributed by atoms with van der Waals surface area (Å²) in [5.41, 5.74) is 0.842. The van der Waals surface area contributed by atoms with Gasteiger partial charge in [0.25, 0.3) is 0 Å². The number of amides is 3. The lowest BCUT2D eigenvalue weighted by Crippen LogP contribution is -2.54. The van der Waals surface area contributed by atoms with E-state index in [4.69, 9.17) is 0 Å². The second-order valence-corrected chi connectivity index (χ2v) is 6.88. The molecule has 3 amide bonds. The van der Waals surface area contributed by atoms with E-state index in [1.165, 1.54) is 12.1 Å². The topological polar surface area (TPSA) is 61.9 Å². The molecule has 3 fully saturated rings. The van der Waals surface area contributed by atoms with Crippen LogP contribution in [0, 0.1) is 5.92 Å². The third-order valence-electron chi connectivity index (χ3n) is 5.19. The summed E-state index contributed by atoms with van der Waals surface area (Å²) in [6.07, 6.45) is -4.02. The van der Waals surface area contributed by atoms with Gasteiger partial charge in [-0.3, -0.25) is 4.79 Å². The summed E-state index contributed by atoms with van der Waals surface area (Å²) in [7, 11) is 0. The van der Waals surface area contributed by atoms with Crippen LogP contribution in [0.3, 0.4) is 0 Å². The number of benzene rings is 1. The van der Waals surface area contributed by atoms with Crippen LogP contribution in [-0.2, 0) is 4.79 Å². The standard InChI is InChI=1S/C17H18F3N3O3/c18-17(19,20)26-12-3-1-10(2-4-12)13-7-14(13)15(24)22-5-6-23-11(9-22)8-21-16(23)25/h1-4,11,13-14H,5-9H2,(H,21,25)/t11-,13-,14+/m0/s1. The normalized spacial score (nSPS) is 27.8. The molecule has 1 aromatic carbocycles. The van der Waals surface area contributed by atoms with Crippen LogP contribution in [0.5, 0.6) is 5.75 Å². The van der Waals surface area contributed by atoms with Gasteiger partial charge in [-0.2, -0.15) is 0 Å². The molecule has 2 heterocycles. The van der Waals surface area contributed by atoms with E-state index in [2.05, 4.69) is 10.1 Å². The number of rotatable bonds is 3. The molecule has 0 spiro atoms. The molecule has 2 saturated heterocycles. The van der Waals surface area contributed by atoms with Crippen molar-refractivity contribution in [2.75, 3.05) is 26.2 Å². The number of halogens is 3. The van der Waals surface area contributed by atoms with Crippen LogP contribution in [0.25, 0.3) is 0 Å². The quantitative estimate of drug-likeness (QED) is 0.886. The van der Waals surface area contributed by atoms with E-state index in [9.17, 15) is 22.8 Å². The van der Waals surface area contributed by atoms with E-state index in [0.717, 1.165) is 5.56 Å². The summed E-state index contributed by atoms with van der Waals surface area (Å²) >= 11 is 0. The molecule has 3 atom stereocenters. The maximum atomic E-state index is 12.7. The van der Waals surface area contributed by atoms with Crippen molar-refractivity contribution in [2.24, 2.45) is 5.92 Å². The average molecular weight is 369 g/mol. The van der Waals surface area contributed by atoms with E-state index in [1.54, 1.807) is 21.9 Å². The maximum Gasteiger partial charge on any atom is 0.573 e. The molecule has 26 heavy (non-hydrogen) atoms. The minimum Gasteiger partial charge on any atom is -0.406 e. The highest BCUT2D eigenvalue weighted by molar-refractivity contribution is 5.84. The van der Waals surface area contributed by atoms with E-state index >= 15 is 0 Å². The SMILES string of the molecule is O=C([C@@H]1C[C@H]1c1ccc(OC(F)(F)F)cc1)N1CCN2C(=O)NC[C@H]2C1. The maximum absolute atomic E-state index is 12.7. The Kier molecular flexibility index (Phi) is 3.96. The number of alkyl halides is 3. The number of carbonyl (C=O) groups excluding carboxylic acids is 2. The Labute approximate surface area is 147 Å². The molecule has 1 aliphatic carbocycles. The molecular weight excluding hydrogens is 351 g/mol. The third-order valence-corrected chi connectivity index (χ3v) is 5.19. The molecule has 1 N–H and O–H groups in total. The molecule has 4 rings (SSSR count). The van der Waals surface area contributed by atoms with Crippen LogP contribution in [-0.4, -0.2) is 60.3 Å². The van der Waals surface area contributed by atoms with E-state index in [0.29, 0.717) is 32.6 Å². The van der Waals surface area contributed by atoms with Gasteiger partial charge in [0.2, 0.25) is 5.91 Å². The Morgan fingerprint density at radius 3 is 2.62 bits per heavy atom. The predicted octanol–water partition coefficient (Wildman–Crippen LogP) is 1.92. The Balaban J connectivity index is 1.35. The number of carbonyl (C=O) groups is 2. The van der Waals surface area contributed by atoms with Gasteiger partial charge in [0.05, 0.1) is 6.04 Å². The van der Waals surface area contributed by atoms with Gasteiger partial charge in [0, 0.05) is 32.1 Å². The number of piperazine rings is 1. The van der Waals surface area contributed by atoms with Gasteiger partial charge in [-0.15, -0.1) is 13.2 Å². The first-order valence-corrected chi connectivity index (χ1v) is 8.51. The largest absolute Gasteiger partial charge is 0.573 e. The summed E-state index contributed by atoms with van der Waals surface area (Å²) in [4.78, 5) is 27.9. The molecular formula is C17H18F3N3O3. The molecule has 1 saturated carbocycles. The summed E-state index contributed by atoms with van der Waals surface area (Å²) in [6.45, 7) is 2.13. The smallest absolute Gasteiger partial charge is 0.406 e. The minimum atomic E-state index is -4.71. The minimum absolute atomic E-state index is 0.0243. The summed E-state index contributed by atoms with van der Waals surface area (Å²) in [5.74, 6) is -0.311. The zero-order chi connectivity index (χ0) is 18.5. The van der Waals surface area contributed by atoms with Crippen LogP contribution in [0.15, 0.2) is 24.3 Å². The van der Waals surface area contributed by atoms with Gasteiger partial charge in [-0.1, -0.05) is 12.1 Å². The first-order chi connectivity index (χ1) is 12.3. The van der Waals surface area contributed by atoms with E-state index in [-0.39, 0.29) is 35.6 Å². The fraction of sp³-hybridized carbons (Fsp3) is 0.529. The lowest BCUT2D eigenvalue weighted by atomic mass is 10.1. The van der Waals surface area contributed by atoms with Gasteiger partial charge in [-0.05, 0) is 30.0 Å². The van der Waals surface area contributed by atoms with Gasteiger partial charge in [-0.25, -0.2) is 4.79 Å². The fourth-order valence-electron chi connectivity index (χ4n) is 3.79. The molecule has 0 bridgehead atoms. The lowest BCUT2D eigenvalue weighted by molar-refractivity contribution is -0.274. The number of fused-ring (bicyclic) bond motifs is 1. The summed E-state index contributed by atoms with van der Waals surface area (Å²) < 4.78 is 40.5. The van der Waals surface area contributed by atoms with Crippen molar-refractivity contribution in [1.82, 2.24) is 15.1 Å². The van der Waals surface area contributed by atoms with Gasteiger partial charge in [0.15, 0.2) is 0 Å². The summed E-state index contributed by atoms with van der Waals surface area (Å²) in [6, 6.07) is 5.66. The molecule has 0 radical (unpaired) electrons.